The number of piperidine rings is 1. The van der Waals surface area contributed by atoms with Crippen LogP contribution in [0.4, 0.5) is 42.8 Å². The highest BCUT2D eigenvalue weighted by molar-refractivity contribution is 5.86. The fourth-order valence-corrected chi connectivity index (χ4v) is 4.93. The van der Waals surface area contributed by atoms with Crippen LogP contribution in [0.2, 0.25) is 0 Å². The predicted molar refractivity (Wildman–Crippen MR) is 137 cm³/mol. The monoisotopic (exact) mass is 588 g/mol. The molecule has 1 aromatic heterocycles. The van der Waals surface area contributed by atoms with Crippen LogP contribution in [0.25, 0.3) is 0 Å². The van der Waals surface area contributed by atoms with E-state index in [1.54, 1.807) is 4.90 Å². The summed E-state index contributed by atoms with van der Waals surface area (Å²) in [5, 5.41) is 13.7. The van der Waals surface area contributed by atoms with Crippen molar-refractivity contribution in [3.63, 3.8) is 0 Å². The van der Waals surface area contributed by atoms with Crippen LogP contribution in [0.5, 0.6) is 0 Å². The number of nitrogens with one attached hydrogen (secondary N) is 2. The molecule has 2 aliphatic heterocycles. The van der Waals surface area contributed by atoms with Crippen molar-refractivity contribution in [3.8, 4) is 0 Å². The zero-order valence-corrected chi connectivity index (χ0v) is 21.9. The average Bonchev–Trinajstić information content (AvgIpc) is 2.87. The molecule has 1 atom stereocenters. The first-order chi connectivity index (χ1) is 19.3. The summed E-state index contributed by atoms with van der Waals surface area (Å²) in [5.74, 6) is -1.38. The van der Waals surface area contributed by atoms with Gasteiger partial charge >= 0.3 is 18.4 Å². The average molecular weight is 589 g/mol. The van der Waals surface area contributed by atoms with Gasteiger partial charge in [-0.2, -0.15) is 26.3 Å². The van der Waals surface area contributed by atoms with Crippen LogP contribution in [0, 0.1) is 5.92 Å². The van der Waals surface area contributed by atoms with Gasteiger partial charge in [0.1, 0.15) is 17.7 Å². The summed E-state index contributed by atoms with van der Waals surface area (Å²) in [6.07, 6.45) is -7.69. The zero-order valence-electron chi connectivity index (χ0n) is 21.9. The Bertz CT molecular complexity index is 1220. The summed E-state index contributed by atoms with van der Waals surface area (Å²) in [6.45, 7) is 1.66. The molecule has 1 unspecified atom stereocenters. The van der Waals surface area contributed by atoms with E-state index in [1.165, 1.54) is 23.1 Å². The van der Waals surface area contributed by atoms with Gasteiger partial charge < -0.3 is 25.5 Å². The summed E-state index contributed by atoms with van der Waals surface area (Å²) in [6, 6.07) is 5.31. The van der Waals surface area contributed by atoms with Crippen molar-refractivity contribution in [1.82, 2.24) is 20.6 Å². The highest BCUT2D eigenvalue weighted by Gasteiger charge is 2.40. The second-order valence-corrected chi connectivity index (χ2v) is 10.1. The second-order valence-electron chi connectivity index (χ2n) is 10.1. The van der Waals surface area contributed by atoms with Crippen LogP contribution in [-0.2, 0) is 23.6 Å². The van der Waals surface area contributed by atoms with Crippen molar-refractivity contribution < 1.29 is 41.0 Å². The number of carbonyl (C=O) groups is 2. The first kappa shape index (κ1) is 30.2. The van der Waals surface area contributed by atoms with Crippen molar-refractivity contribution in [2.75, 3.05) is 42.5 Å². The molecule has 4 rings (SSSR count). The van der Waals surface area contributed by atoms with Gasteiger partial charge in [-0.15, -0.1) is 0 Å². The minimum Gasteiger partial charge on any atom is -0.465 e. The number of benzene rings is 1. The molecule has 0 radical (unpaired) electrons. The van der Waals surface area contributed by atoms with Crippen LogP contribution in [0.15, 0.2) is 30.3 Å². The summed E-state index contributed by atoms with van der Waals surface area (Å²) in [7, 11) is 0. The molecule has 224 valence electrons. The predicted octanol–water partition coefficient (Wildman–Crippen LogP) is 4.33. The molecule has 0 aliphatic carbocycles. The van der Waals surface area contributed by atoms with Gasteiger partial charge in [0.25, 0.3) is 0 Å². The van der Waals surface area contributed by atoms with E-state index in [1.807, 2.05) is 0 Å². The van der Waals surface area contributed by atoms with E-state index in [0.29, 0.717) is 57.4 Å². The molecule has 41 heavy (non-hydrogen) atoms. The van der Waals surface area contributed by atoms with Crippen molar-refractivity contribution in [2.45, 2.75) is 50.5 Å². The SMILES string of the molecule is O=C(O)NCCC1CCN(c2cc(N3CCC3C(=O)NCCc3ccc(C(F)(F)F)cc3)nc(C(F)(F)F)n2)CC1. The second kappa shape index (κ2) is 12.4. The third-order valence-electron chi connectivity index (χ3n) is 7.33. The van der Waals surface area contributed by atoms with Crippen molar-refractivity contribution in [3.05, 3.63) is 47.3 Å². The molecule has 15 heteroatoms. The number of anilines is 2. The third-order valence-corrected chi connectivity index (χ3v) is 7.33. The Kier molecular flexibility index (Phi) is 9.12. The number of hydrogen-bond acceptors (Lipinski definition) is 6. The van der Waals surface area contributed by atoms with Crippen molar-refractivity contribution in [2.24, 2.45) is 5.92 Å². The smallest absolute Gasteiger partial charge is 0.451 e. The Labute approximate surface area is 231 Å². The highest BCUT2D eigenvalue weighted by Crippen LogP contribution is 2.34. The van der Waals surface area contributed by atoms with Gasteiger partial charge in [-0.3, -0.25) is 4.79 Å². The Balaban J connectivity index is 1.37. The van der Waals surface area contributed by atoms with Gasteiger partial charge in [-0.25, -0.2) is 14.8 Å². The molecule has 2 amide bonds. The fraction of sp³-hybridized carbons (Fsp3) is 0.538. The summed E-state index contributed by atoms with van der Waals surface area (Å²) < 4.78 is 79.2. The van der Waals surface area contributed by atoms with Crippen molar-refractivity contribution in [1.29, 1.82) is 0 Å². The number of carbonyl (C=O) groups excluding carboxylic acids is 1. The molecule has 1 aromatic carbocycles. The molecular formula is C26H30F6N6O3. The van der Waals surface area contributed by atoms with Gasteiger partial charge in [0, 0.05) is 38.8 Å². The minimum absolute atomic E-state index is 0.00996. The first-order valence-electron chi connectivity index (χ1n) is 13.2. The lowest BCUT2D eigenvalue weighted by atomic mass is 9.93. The topological polar surface area (TPSA) is 111 Å². The Morgan fingerprint density at radius 3 is 2.10 bits per heavy atom. The lowest BCUT2D eigenvalue weighted by molar-refractivity contribution is -0.144. The fourth-order valence-electron chi connectivity index (χ4n) is 4.93. The number of carboxylic acid groups (broad SMARTS) is 1. The molecule has 2 aromatic rings. The normalized spacial score (nSPS) is 18.1. The van der Waals surface area contributed by atoms with Gasteiger partial charge in [0.05, 0.1) is 5.56 Å². The molecule has 0 saturated carbocycles. The maximum Gasteiger partial charge on any atom is 0.451 e. The molecule has 0 spiro atoms. The van der Waals surface area contributed by atoms with E-state index < -0.39 is 41.8 Å². The van der Waals surface area contributed by atoms with Crippen LogP contribution in [-0.4, -0.2) is 65.8 Å². The van der Waals surface area contributed by atoms with E-state index in [4.69, 9.17) is 5.11 Å². The van der Waals surface area contributed by atoms with E-state index in [0.717, 1.165) is 12.1 Å². The summed E-state index contributed by atoms with van der Waals surface area (Å²) in [5.41, 5.74) is -0.170. The molecule has 0 bridgehead atoms. The number of nitrogens with zero attached hydrogens (tertiary/aromatic N) is 4. The van der Waals surface area contributed by atoms with Crippen molar-refractivity contribution >= 4 is 23.6 Å². The van der Waals surface area contributed by atoms with E-state index in [2.05, 4.69) is 20.6 Å². The molecule has 3 heterocycles. The van der Waals surface area contributed by atoms with Gasteiger partial charge in [0.15, 0.2) is 0 Å². The van der Waals surface area contributed by atoms with Crippen LogP contribution in [0.1, 0.15) is 42.6 Å². The summed E-state index contributed by atoms with van der Waals surface area (Å²) in [4.78, 5) is 34.1. The third kappa shape index (κ3) is 7.91. The zero-order chi connectivity index (χ0) is 29.8. The quantitative estimate of drug-likeness (QED) is 0.374. The number of aromatic nitrogens is 2. The van der Waals surface area contributed by atoms with Crippen LogP contribution in [0.3, 0.4) is 0 Å². The molecular weight excluding hydrogens is 558 g/mol. The minimum atomic E-state index is -4.80. The Hall–Kier alpha value is -3.78. The van der Waals surface area contributed by atoms with E-state index >= 15 is 0 Å². The lowest BCUT2D eigenvalue weighted by Crippen LogP contribution is -2.57. The number of halogens is 6. The molecule has 2 saturated heterocycles. The number of rotatable bonds is 9. The largest absolute Gasteiger partial charge is 0.465 e. The van der Waals surface area contributed by atoms with Crippen LogP contribution >= 0.6 is 0 Å². The highest BCUT2D eigenvalue weighted by atomic mass is 19.4. The van der Waals surface area contributed by atoms with Gasteiger partial charge in [-0.05, 0) is 55.7 Å². The van der Waals surface area contributed by atoms with Gasteiger partial charge in [0.2, 0.25) is 11.7 Å². The van der Waals surface area contributed by atoms with E-state index in [9.17, 15) is 35.9 Å². The molecule has 2 aliphatic rings. The molecule has 3 N–H and O–H groups in total. The number of hydrogen-bond donors (Lipinski definition) is 3. The first-order valence-corrected chi connectivity index (χ1v) is 13.2. The standard InChI is InChI=1S/C26H30F6N6O3/c27-25(28,29)18-3-1-16(2-4-18)5-10-33-22(39)19-9-14-38(19)21-15-20(35-23(36-21)26(30,31)32)37-12-7-17(8-13-37)6-11-34-24(40)41/h1-4,15,17,19,34H,5-14H2,(H,33,39)(H,40,41). The van der Waals surface area contributed by atoms with E-state index in [-0.39, 0.29) is 30.5 Å². The maximum atomic E-state index is 13.7. The maximum absolute atomic E-state index is 13.7. The Morgan fingerprint density at radius 2 is 1.54 bits per heavy atom. The number of amides is 2. The molecule has 2 fully saturated rings. The van der Waals surface area contributed by atoms with Crippen LogP contribution < -0.4 is 20.4 Å². The van der Waals surface area contributed by atoms with Gasteiger partial charge in [-0.1, -0.05) is 12.1 Å². The lowest BCUT2D eigenvalue weighted by Gasteiger charge is -2.41. The number of alkyl halides is 6. The Morgan fingerprint density at radius 1 is 0.878 bits per heavy atom. The molecule has 9 nitrogen and oxygen atoms in total. The summed E-state index contributed by atoms with van der Waals surface area (Å²) >= 11 is 0.